The number of ketones is 4. The summed E-state index contributed by atoms with van der Waals surface area (Å²) in [6.07, 6.45) is -0.913. The Morgan fingerprint density at radius 2 is 1.60 bits per heavy atom. The number of carbonyl (C=O) groups is 6. The maximum atomic E-state index is 14.7. The van der Waals surface area contributed by atoms with Crippen LogP contribution < -0.4 is 0 Å². The van der Waals surface area contributed by atoms with Crippen LogP contribution in [0.2, 0.25) is 0 Å². The molecule has 2 fully saturated rings. The van der Waals surface area contributed by atoms with Crippen molar-refractivity contribution in [3.8, 4) is 0 Å². The number of aliphatic hydroxyl groups is 1. The van der Waals surface area contributed by atoms with E-state index in [1.807, 2.05) is 27.7 Å². The van der Waals surface area contributed by atoms with Crippen LogP contribution in [0.25, 0.3) is 0 Å². The molecule has 42 heavy (non-hydrogen) atoms. The van der Waals surface area contributed by atoms with E-state index in [2.05, 4.69) is 0 Å². The Kier molecular flexibility index (Phi) is 8.05. The first-order valence-corrected chi connectivity index (χ1v) is 15.1. The van der Waals surface area contributed by atoms with Crippen LogP contribution in [0.4, 0.5) is 0 Å². The molecule has 0 aromatic rings. The van der Waals surface area contributed by atoms with Gasteiger partial charge in [0.1, 0.15) is 11.6 Å². The van der Waals surface area contributed by atoms with E-state index in [-0.39, 0.29) is 60.1 Å². The van der Waals surface area contributed by atoms with Crippen molar-refractivity contribution in [1.82, 2.24) is 0 Å². The minimum Gasteiger partial charge on any atom is -0.469 e. The Bertz CT molecular complexity index is 1280. The largest absolute Gasteiger partial charge is 0.469 e. The van der Waals surface area contributed by atoms with Gasteiger partial charge in [-0.05, 0) is 42.9 Å². The second kappa shape index (κ2) is 10.5. The molecule has 232 valence electrons. The molecule has 4 aliphatic rings. The van der Waals surface area contributed by atoms with Gasteiger partial charge in [0.15, 0.2) is 11.9 Å². The number of esters is 2. The highest BCUT2D eigenvalue weighted by Gasteiger charge is 2.74. The average molecular weight is 587 g/mol. The van der Waals surface area contributed by atoms with E-state index in [0.29, 0.717) is 12.8 Å². The number of hydrogen-bond acceptors (Lipinski definition) is 9. The van der Waals surface area contributed by atoms with Gasteiger partial charge in [0, 0.05) is 54.6 Å². The zero-order valence-electron chi connectivity index (χ0n) is 26.4. The van der Waals surface area contributed by atoms with Gasteiger partial charge in [-0.25, -0.2) is 0 Å². The molecule has 0 spiro atoms. The van der Waals surface area contributed by atoms with Crippen molar-refractivity contribution in [2.75, 3.05) is 7.11 Å². The first kappa shape index (κ1) is 32.2. The molecule has 0 heterocycles. The van der Waals surface area contributed by atoms with Gasteiger partial charge in [-0.15, -0.1) is 0 Å². The number of rotatable bonds is 7. The monoisotopic (exact) mass is 586 g/mol. The summed E-state index contributed by atoms with van der Waals surface area (Å²) in [5, 5.41) is 10.9. The number of Topliss-reactive ketones (excluding diaryl/α,β-unsaturated/α-hetero) is 4. The second-order valence-corrected chi connectivity index (χ2v) is 14.6. The number of carbonyl (C=O) groups excluding carboxylic acids is 6. The van der Waals surface area contributed by atoms with Crippen LogP contribution in [-0.2, 0) is 38.2 Å². The fourth-order valence-corrected chi connectivity index (χ4v) is 9.37. The Morgan fingerprint density at radius 3 is 2.17 bits per heavy atom. The predicted octanol–water partition coefficient (Wildman–Crippen LogP) is 3.97. The molecular weight excluding hydrogens is 540 g/mol. The molecular formula is C33H46O9. The van der Waals surface area contributed by atoms with Crippen LogP contribution in [0, 0.1) is 45.3 Å². The Hall–Kier alpha value is -2.68. The van der Waals surface area contributed by atoms with Gasteiger partial charge in [-0.3, -0.25) is 28.8 Å². The van der Waals surface area contributed by atoms with Crippen LogP contribution in [0.3, 0.4) is 0 Å². The van der Waals surface area contributed by atoms with Crippen LogP contribution in [0.5, 0.6) is 0 Å². The van der Waals surface area contributed by atoms with Crippen molar-refractivity contribution >= 4 is 35.1 Å². The Balaban J connectivity index is 1.85. The lowest BCUT2D eigenvalue weighted by molar-refractivity contribution is -0.176. The van der Waals surface area contributed by atoms with Gasteiger partial charge in [0.2, 0.25) is 5.78 Å². The van der Waals surface area contributed by atoms with Crippen LogP contribution >= 0.6 is 0 Å². The quantitative estimate of drug-likeness (QED) is 0.439. The smallest absolute Gasteiger partial charge is 0.308 e. The Morgan fingerprint density at radius 1 is 0.976 bits per heavy atom. The molecule has 0 amide bonds. The molecule has 4 aliphatic carbocycles. The number of fused-ring (bicyclic) bond motifs is 4. The summed E-state index contributed by atoms with van der Waals surface area (Å²) >= 11 is 0. The minimum atomic E-state index is -1.41. The number of allylic oxidation sites excluding steroid dienone is 1. The maximum absolute atomic E-state index is 14.7. The third-order valence-electron chi connectivity index (χ3n) is 12.0. The number of ether oxygens (including phenoxy) is 2. The topological polar surface area (TPSA) is 141 Å². The van der Waals surface area contributed by atoms with Crippen molar-refractivity contribution in [2.45, 2.75) is 106 Å². The lowest BCUT2D eigenvalue weighted by atomic mass is 9.42. The predicted molar refractivity (Wildman–Crippen MR) is 152 cm³/mol. The van der Waals surface area contributed by atoms with E-state index in [1.165, 1.54) is 14.0 Å². The molecule has 1 N–H and O–H groups in total. The fourth-order valence-electron chi connectivity index (χ4n) is 9.37. The number of hydrogen-bond donors (Lipinski definition) is 1. The van der Waals surface area contributed by atoms with Gasteiger partial charge in [-0.1, -0.05) is 41.5 Å². The maximum Gasteiger partial charge on any atom is 0.308 e. The van der Waals surface area contributed by atoms with Crippen molar-refractivity contribution in [3.05, 3.63) is 11.1 Å². The lowest BCUT2D eigenvalue weighted by Crippen LogP contribution is -2.65. The average Bonchev–Trinajstić information content (AvgIpc) is 3.11. The third-order valence-corrected chi connectivity index (χ3v) is 12.0. The van der Waals surface area contributed by atoms with Gasteiger partial charge >= 0.3 is 11.9 Å². The molecule has 9 atom stereocenters. The van der Waals surface area contributed by atoms with Crippen LogP contribution in [-0.4, -0.2) is 59.5 Å². The van der Waals surface area contributed by atoms with E-state index in [9.17, 15) is 33.9 Å². The van der Waals surface area contributed by atoms with Gasteiger partial charge in [0.05, 0.1) is 24.5 Å². The molecule has 0 radical (unpaired) electrons. The van der Waals surface area contributed by atoms with Gasteiger partial charge < -0.3 is 14.6 Å². The minimum absolute atomic E-state index is 0.0207. The first-order valence-electron chi connectivity index (χ1n) is 15.1. The molecule has 4 rings (SSSR count). The molecule has 0 saturated heterocycles. The molecule has 9 heteroatoms. The van der Waals surface area contributed by atoms with Crippen molar-refractivity contribution in [3.63, 3.8) is 0 Å². The standard InChI is InChI=1S/C33H46O9/c1-16(12-19(35)13-17(2)29(40)41-9)20-14-24(38)33(8)25-21(36)15-22-30(4,5)23(37)10-11-31(22,6)26(25)27(39)28(32(20,33)7)42-18(3)34/h16-17,20,22-23,28,37H,10-15H2,1-9H3/t16-,17?,20?,22+,23+,28-,31+,32+,33+/m1/s1. The molecule has 0 aromatic heterocycles. The second-order valence-electron chi connectivity index (χ2n) is 14.6. The van der Waals surface area contributed by atoms with E-state index >= 15 is 0 Å². The highest BCUT2D eigenvalue weighted by Crippen LogP contribution is 2.70. The zero-order valence-corrected chi connectivity index (χ0v) is 26.4. The highest BCUT2D eigenvalue weighted by atomic mass is 16.5. The third kappa shape index (κ3) is 4.36. The highest BCUT2D eigenvalue weighted by molar-refractivity contribution is 6.18. The van der Waals surface area contributed by atoms with Crippen molar-refractivity contribution in [2.24, 2.45) is 45.3 Å². The normalized spacial score (nSPS) is 38.7. The molecule has 0 aromatic carbocycles. The van der Waals surface area contributed by atoms with E-state index in [0.717, 1.165) is 0 Å². The first-order chi connectivity index (χ1) is 19.3. The van der Waals surface area contributed by atoms with E-state index < -0.39 is 69.3 Å². The fraction of sp³-hybridized carbons (Fsp3) is 0.758. The van der Waals surface area contributed by atoms with E-state index in [1.54, 1.807) is 20.8 Å². The molecule has 0 aliphatic heterocycles. The van der Waals surface area contributed by atoms with Crippen molar-refractivity contribution in [1.29, 1.82) is 0 Å². The summed E-state index contributed by atoms with van der Waals surface area (Å²) in [5.74, 6) is -4.18. The summed E-state index contributed by atoms with van der Waals surface area (Å²) in [5.41, 5.74) is -3.63. The van der Waals surface area contributed by atoms with Gasteiger partial charge in [0.25, 0.3) is 0 Å². The molecule has 2 unspecified atom stereocenters. The lowest BCUT2D eigenvalue weighted by Gasteiger charge is -2.61. The molecule has 0 bridgehead atoms. The molecule has 2 saturated carbocycles. The summed E-state index contributed by atoms with van der Waals surface area (Å²) in [6, 6.07) is 0. The SMILES string of the molecule is COC(=O)C(C)CC(=O)C[C@@H](C)C1CC(=O)[C@@]2(C)C3=C(C(=O)[C@@H](OC(C)=O)[C@]12C)[C@@]1(C)CC[C@H](O)C(C)(C)[C@@H]1CC3=O. The number of methoxy groups -OCH3 is 1. The van der Waals surface area contributed by atoms with Crippen LogP contribution in [0.15, 0.2) is 11.1 Å². The van der Waals surface area contributed by atoms with Crippen LogP contribution in [0.1, 0.15) is 93.9 Å². The summed E-state index contributed by atoms with van der Waals surface area (Å²) in [4.78, 5) is 80.4. The summed E-state index contributed by atoms with van der Waals surface area (Å²) < 4.78 is 10.6. The van der Waals surface area contributed by atoms with Gasteiger partial charge in [-0.2, -0.15) is 0 Å². The number of aliphatic hydroxyl groups excluding tert-OH is 1. The van der Waals surface area contributed by atoms with Crippen molar-refractivity contribution < 1.29 is 43.3 Å². The summed E-state index contributed by atoms with van der Waals surface area (Å²) in [7, 11) is 1.27. The zero-order chi connectivity index (χ0) is 31.7. The van der Waals surface area contributed by atoms with E-state index in [4.69, 9.17) is 9.47 Å². The summed E-state index contributed by atoms with van der Waals surface area (Å²) in [6.45, 7) is 13.9. The Labute approximate surface area is 248 Å². The molecule has 9 nitrogen and oxygen atoms in total.